The number of aryl methyl sites for hydroxylation is 1. The molecule has 0 saturated heterocycles. The SMILES string of the molecule is CCOc1nc(C)c(C(=O)Nc2ccccc2)c(-c2ccc([N+](=O)[O-])cc2)c1C#N. The van der Waals surface area contributed by atoms with Gasteiger partial charge >= 0.3 is 0 Å². The van der Waals surface area contributed by atoms with Crippen LogP contribution in [-0.4, -0.2) is 22.4 Å². The number of rotatable bonds is 6. The fourth-order valence-corrected chi connectivity index (χ4v) is 3.05. The molecule has 0 atom stereocenters. The van der Waals surface area contributed by atoms with E-state index in [2.05, 4.69) is 16.4 Å². The molecule has 0 saturated carbocycles. The molecule has 2 aromatic carbocycles. The molecule has 1 N–H and O–H groups in total. The highest BCUT2D eigenvalue weighted by Crippen LogP contribution is 2.35. The second kappa shape index (κ2) is 8.84. The maximum atomic E-state index is 13.1. The number of nitriles is 1. The molecule has 150 valence electrons. The van der Waals surface area contributed by atoms with Crippen molar-refractivity contribution in [3.8, 4) is 23.1 Å². The Kier molecular flexibility index (Phi) is 6.03. The van der Waals surface area contributed by atoms with E-state index >= 15 is 0 Å². The van der Waals surface area contributed by atoms with Crippen molar-refractivity contribution in [1.82, 2.24) is 4.98 Å². The molecular formula is C22H18N4O4. The molecular weight excluding hydrogens is 384 g/mol. The Morgan fingerprint density at radius 3 is 2.43 bits per heavy atom. The molecule has 0 aliphatic heterocycles. The van der Waals surface area contributed by atoms with Gasteiger partial charge in [0.15, 0.2) is 0 Å². The van der Waals surface area contributed by atoms with E-state index in [1.165, 1.54) is 24.3 Å². The van der Waals surface area contributed by atoms with Crippen LogP contribution in [0.1, 0.15) is 28.5 Å². The van der Waals surface area contributed by atoms with Crippen molar-refractivity contribution in [1.29, 1.82) is 5.26 Å². The van der Waals surface area contributed by atoms with E-state index in [1.807, 2.05) is 6.07 Å². The third-order valence-corrected chi connectivity index (χ3v) is 4.36. The van der Waals surface area contributed by atoms with Crippen molar-refractivity contribution in [2.75, 3.05) is 11.9 Å². The standard InChI is InChI=1S/C22H18N4O4/c1-3-30-22-18(13-23)20(15-9-11-17(12-10-15)26(28)29)19(14(2)24-22)21(27)25-16-7-5-4-6-8-16/h4-12H,3H2,1-2H3,(H,25,27). The molecule has 0 unspecified atom stereocenters. The van der Waals surface area contributed by atoms with Crippen molar-refractivity contribution in [2.45, 2.75) is 13.8 Å². The number of benzene rings is 2. The average Bonchev–Trinajstić information content (AvgIpc) is 2.74. The summed E-state index contributed by atoms with van der Waals surface area (Å²) in [4.78, 5) is 27.9. The first kappa shape index (κ1) is 20.5. The molecule has 0 radical (unpaired) electrons. The number of carbonyl (C=O) groups excluding carboxylic acids is 1. The number of amides is 1. The van der Waals surface area contributed by atoms with Crippen LogP contribution in [0.25, 0.3) is 11.1 Å². The summed E-state index contributed by atoms with van der Waals surface area (Å²) in [5, 5.41) is 23.6. The topological polar surface area (TPSA) is 118 Å². The predicted octanol–water partition coefficient (Wildman–Crippen LogP) is 4.49. The van der Waals surface area contributed by atoms with Crippen LogP contribution in [0.15, 0.2) is 54.6 Å². The van der Waals surface area contributed by atoms with Crippen LogP contribution >= 0.6 is 0 Å². The van der Waals surface area contributed by atoms with Crippen molar-refractivity contribution >= 4 is 17.3 Å². The van der Waals surface area contributed by atoms with Crippen molar-refractivity contribution in [2.24, 2.45) is 0 Å². The Balaban J connectivity index is 2.21. The van der Waals surface area contributed by atoms with Gasteiger partial charge in [-0.3, -0.25) is 14.9 Å². The van der Waals surface area contributed by atoms with Crippen LogP contribution in [0.5, 0.6) is 5.88 Å². The fourth-order valence-electron chi connectivity index (χ4n) is 3.05. The van der Waals surface area contributed by atoms with Gasteiger partial charge in [0.05, 0.1) is 22.8 Å². The highest BCUT2D eigenvalue weighted by molar-refractivity contribution is 6.10. The molecule has 8 nitrogen and oxygen atoms in total. The highest BCUT2D eigenvalue weighted by Gasteiger charge is 2.25. The van der Waals surface area contributed by atoms with Crippen LogP contribution in [0.2, 0.25) is 0 Å². The largest absolute Gasteiger partial charge is 0.477 e. The molecule has 0 fully saturated rings. The van der Waals surface area contributed by atoms with Crippen molar-refractivity contribution in [3.05, 3.63) is 81.5 Å². The zero-order valence-electron chi connectivity index (χ0n) is 16.4. The van der Waals surface area contributed by atoms with E-state index in [0.29, 0.717) is 22.5 Å². The smallest absolute Gasteiger partial charge is 0.269 e. The highest BCUT2D eigenvalue weighted by atomic mass is 16.6. The number of nitro benzene ring substituents is 1. The predicted molar refractivity (Wildman–Crippen MR) is 111 cm³/mol. The number of ether oxygens (including phenoxy) is 1. The summed E-state index contributed by atoms with van der Waals surface area (Å²) in [6.45, 7) is 3.70. The van der Waals surface area contributed by atoms with Gasteiger partial charge in [0.2, 0.25) is 5.88 Å². The number of aromatic nitrogens is 1. The van der Waals surface area contributed by atoms with Crippen LogP contribution in [-0.2, 0) is 0 Å². The molecule has 0 aliphatic rings. The second-order valence-corrected chi connectivity index (χ2v) is 6.30. The van der Waals surface area contributed by atoms with Gasteiger partial charge < -0.3 is 10.1 Å². The lowest BCUT2D eigenvalue weighted by Gasteiger charge is -2.17. The number of nitro groups is 1. The number of pyridine rings is 1. The first-order valence-corrected chi connectivity index (χ1v) is 9.15. The van der Waals surface area contributed by atoms with E-state index in [9.17, 15) is 20.2 Å². The number of non-ortho nitro benzene ring substituents is 1. The molecule has 1 heterocycles. The zero-order chi connectivity index (χ0) is 21.7. The molecule has 0 bridgehead atoms. The molecule has 30 heavy (non-hydrogen) atoms. The number of para-hydroxylation sites is 1. The summed E-state index contributed by atoms with van der Waals surface area (Å²) in [5.74, 6) is -0.332. The minimum Gasteiger partial charge on any atom is -0.477 e. The van der Waals surface area contributed by atoms with Gasteiger partial charge in [-0.05, 0) is 43.7 Å². The zero-order valence-corrected chi connectivity index (χ0v) is 16.4. The van der Waals surface area contributed by atoms with Crippen molar-refractivity contribution in [3.63, 3.8) is 0 Å². The first-order valence-electron chi connectivity index (χ1n) is 9.15. The summed E-state index contributed by atoms with van der Waals surface area (Å²) < 4.78 is 5.51. The molecule has 3 aromatic rings. The Bertz CT molecular complexity index is 1140. The molecule has 1 aromatic heterocycles. The third-order valence-electron chi connectivity index (χ3n) is 4.36. The molecule has 8 heteroatoms. The number of nitrogens with one attached hydrogen (secondary N) is 1. The van der Waals surface area contributed by atoms with Gasteiger partial charge in [-0.2, -0.15) is 5.26 Å². The van der Waals surface area contributed by atoms with Gasteiger partial charge in [-0.25, -0.2) is 4.98 Å². The Morgan fingerprint density at radius 2 is 1.87 bits per heavy atom. The minimum atomic E-state index is -0.512. The monoisotopic (exact) mass is 402 g/mol. The number of anilines is 1. The lowest BCUT2D eigenvalue weighted by Crippen LogP contribution is -2.17. The average molecular weight is 402 g/mol. The van der Waals surface area contributed by atoms with Gasteiger partial charge in [0.25, 0.3) is 11.6 Å². The fraction of sp³-hybridized carbons (Fsp3) is 0.136. The lowest BCUT2D eigenvalue weighted by molar-refractivity contribution is -0.384. The van der Waals surface area contributed by atoms with Crippen LogP contribution in [0.4, 0.5) is 11.4 Å². The molecule has 0 aliphatic carbocycles. The van der Waals surface area contributed by atoms with E-state index in [0.717, 1.165) is 0 Å². The van der Waals surface area contributed by atoms with Crippen LogP contribution in [0.3, 0.4) is 0 Å². The van der Waals surface area contributed by atoms with Gasteiger partial charge in [0, 0.05) is 23.4 Å². The second-order valence-electron chi connectivity index (χ2n) is 6.30. The van der Waals surface area contributed by atoms with Crippen molar-refractivity contribution < 1.29 is 14.5 Å². The lowest BCUT2D eigenvalue weighted by atomic mass is 9.93. The van der Waals surface area contributed by atoms with E-state index in [4.69, 9.17) is 4.74 Å². The maximum Gasteiger partial charge on any atom is 0.269 e. The Hall–Kier alpha value is -4.25. The Labute approximate surface area is 172 Å². The van der Waals surface area contributed by atoms with Crippen LogP contribution in [0, 0.1) is 28.4 Å². The summed E-state index contributed by atoms with van der Waals surface area (Å²) in [5.41, 5.74) is 1.95. The minimum absolute atomic E-state index is 0.0921. The number of hydrogen-bond donors (Lipinski definition) is 1. The normalized spacial score (nSPS) is 10.2. The van der Waals surface area contributed by atoms with Gasteiger partial charge in [-0.15, -0.1) is 0 Å². The summed E-state index contributed by atoms with van der Waals surface area (Å²) in [6.07, 6.45) is 0. The molecule has 0 spiro atoms. The Morgan fingerprint density at radius 1 is 1.20 bits per heavy atom. The summed E-state index contributed by atoms with van der Waals surface area (Å²) in [6, 6.07) is 16.6. The van der Waals surface area contributed by atoms with Crippen LogP contribution < -0.4 is 10.1 Å². The van der Waals surface area contributed by atoms with E-state index in [1.54, 1.807) is 38.1 Å². The number of carbonyl (C=O) groups is 1. The molecule has 1 amide bonds. The van der Waals surface area contributed by atoms with Gasteiger partial charge in [0.1, 0.15) is 11.6 Å². The quantitative estimate of drug-likeness (QED) is 0.479. The van der Waals surface area contributed by atoms with E-state index in [-0.39, 0.29) is 29.3 Å². The third kappa shape index (κ3) is 4.10. The number of hydrogen-bond acceptors (Lipinski definition) is 6. The molecule has 3 rings (SSSR count). The maximum absolute atomic E-state index is 13.1. The van der Waals surface area contributed by atoms with E-state index < -0.39 is 10.8 Å². The number of nitrogens with zero attached hydrogens (tertiary/aromatic N) is 3. The van der Waals surface area contributed by atoms with Gasteiger partial charge in [-0.1, -0.05) is 18.2 Å². The first-order chi connectivity index (χ1) is 14.5. The summed E-state index contributed by atoms with van der Waals surface area (Å²) >= 11 is 0. The summed E-state index contributed by atoms with van der Waals surface area (Å²) in [7, 11) is 0.